The average molecular weight is 334 g/mol. The van der Waals surface area contributed by atoms with Crippen molar-refractivity contribution < 1.29 is 9.13 Å². The first kappa shape index (κ1) is 15.3. The van der Waals surface area contributed by atoms with Gasteiger partial charge in [0.25, 0.3) is 0 Å². The predicted octanol–water partition coefficient (Wildman–Crippen LogP) is 3.09. The number of H-pyrrole nitrogens is 1. The monoisotopic (exact) mass is 333 g/mol. The van der Waals surface area contributed by atoms with Crippen LogP contribution < -0.4 is 10.4 Å². The van der Waals surface area contributed by atoms with Gasteiger partial charge in [-0.2, -0.15) is 5.10 Å². The van der Waals surface area contributed by atoms with Crippen molar-refractivity contribution >= 4 is 11.6 Å². The molecule has 0 bridgehead atoms. The van der Waals surface area contributed by atoms with E-state index in [1.165, 1.54) is 23.8 Å². The van der Waals surface area contributed by atoms with Crippen LogP contribution in [0.15, 0.2) is 47.3 Å². The van der Waals surface area contributed by atoms with Gasteiger partial charge in [-0.05, 0) is 35.9 Å². The summed E-state index contributed by atoms with van der Waals surface area (Å²) in [5.41, 5.74) is 0.885. The fraction of sp³-hybridized carbons (Fsp3) is 0.125. The zero-order valence-electron chi connectivity index (χ0n) is 12.2. The number of nitrogens with one attached hydrogen (secondary N) is 1. The number of hydrogen-bond donors (Lipinski definition) is 1. The molecule has 1 heterocycles. The Morgan fingerprint density at radius 1 is 1.30 bits per heavy atom. The molecule has 0 radical (unpaired) electrons. The number of hydrogen-bond acceptors (Lipinski definition) is 3. The molecule has 5 nitrogen and oxygen atoms in total. The molecule has 0 spiro atoms. The Morgan fingerprint density at radius 2 is 2.13 bits per heavy atom. The second kappa shape index (κ2) is 6.26. The summed E-state index contributed by atoms with van der Waals surface area (Å²) in [7, 11) is 1.51. The van der Waals surface area contributed by atoms with Crippen LogP contribution in [0.25, 0.3) is 11.4 Å². The fourth-order valence-corrected chi connectivity index (χ4v) is 2.50. The lowest BCUT2D eigenvalue weighted by atomic mass is 10.1. The minimum absolute atomic E-state index is 0.189. The van der Waals surface area contributed by atoms with E-state index in [1.807, 2.05) is 0 Å². The molecule has 2 aromatic carbocycles. The van der Waals surface area contributed by atoms with Crippen molar-refractivity contribution in [3.63, 3.8) is 0 Å². The van der Waals surface area contributed by atoms with E-state index in [0.717, 1.165) is 0 Å². The maximum Gasteiger partial charge on any atom is 0.343 e. The third-order valence-corrected chi connectivity index (χ3v) is 3.63. The molecule has 0 unspecified atom stereocenters. The van der Waals surface area contributed by atoms with Gasteiger partial charge in [-0.3, -0.25) is 4.57 Å². The van der Waals surface area contributed by atoms with Gasteiger partial charge in [0.05, 0.1) is 19.2 Å². The number of benzene rings is 2. The van der Waals surface area contributed by atoms with Crippen molar-refractivity contribution in [3.05, 3.63) is 69.4 Å². The molecule has 0 fully saturated rings. The second-order valence-corrected chi connectivity index (χ2v) is 5.35. The molecular weight excluding hydrogens is 321 g/mol. The van der Waals surface area contributed by atoms with Crippen LogP contribution in [0, 0.1) is 5.82 Å². The first-order chi connectivity index (χ1) is 11.1. The van der Waals surface area contributed by atoms with Crippen LogP contribution in [-0.2, 0) is 6.54 Å². The summed E-state index contributed by atoms with van der Waals surface area (Å²) in [4.78, 5) is 12.1. The highest BCUT2D eigenvalue weighted by atomic mass is 35.5. The van der Waals surface area contributed by atoms with Gasteiger partial charge >= 0.3 is 5.69 Å². The molecule has 23 heavy (non-hydrogen) atoms. The van der Waals surface area contributed by atoms with Gasteiger partial charge in [0, 0.05) is 5.02 Å². The van der Waals surface area contributed by atoms with E-state index < -0.39 is 0 Å². The van der Waals surface area contributed by atoms with Gasteiger partial charge in [0.1, 0.15) is 11.6 Å². The Bertz CT molecular complexity index is 904. The molecule has 0 amide bonds. The van der Waals surface area contributed by atoms with Gasteiger partial charge in [-0.1, -0.05) is 23.7 Å². The summed E-state index contributed by atoms with van der Waals surface area (Å²) in [5, 5.41) is 6.98. The lowest BCUT2D eigenvalue weighted by molar-refractivity contribution is 0.416. The Hall–Kier alpha value is -2.60. The van der Waals surface area contributed by atoms with Crippen LogP contribution in [0.4, 0.5) is 4.39 Å². The zero-order valence-corrected chi connectivity index (χ0v) is 13.0. The first-order valence-electron chi connectivity index (χ1n) is 6.82. The predicted molar refractivity (Wildman–Crippen MR) is 85.3 cm³/mol. The van der Waals surface area contributed by atoms with Crippen LogP contribution in [-0.4, -0.2) is 21.9 Å². The smallest absolute Gasteiger partial charge is 0.343 e. The molecule has 0 aliphatic carbocycles. The average Bonchev–Trinajstić information content (AvgIpc) is 2.88. The zero-order chi connectivity index (χ0) is 16.4. The van der Waals surface area contributed by atoms with Gasteiger partial charge < -0.3 is 4.74 Å². The van der Waals surface area contributed by atoms with Crippen LogP contribution in [0.3, 0.4) is 0 Å². The quantitative estimate of drug-likeness (QED) is 0.798. The number of nitrogens with zero attached hydrogens (tertiary/aromatic N) is 2. The summed E-state index contributed by atoms with van der Waals surface area (Å²) < 4.78 is 20.1. The molecule has 0 saturated heterocycles. The topological polar surface area (TPSA) is 59.9 Å². The minimum atomic E-state index is -0.388. The highest BCUT2D eigenvalue weighted by Crippen LogP contribution is 2.30. The van der Waals surface area contributed by atoms with Crippen molar-refractivity contribution in [3.8, 4) is 17.1 Å². The Morgan fingerprint density at radius 3 is 2.87 bits per heavy atom. The maximum absolute atomic E-state index is 13.3. The summed E-state index contributed by atoms with van der Waals surface area (Å²) >= 11 is 5.96. The van der Waals surface area contributed by atoms with Gasteiger partial charge in [-0.25, -0.2) is 14.3 Å². The third-order valence-electron chi connectivity index (χ3n) is 3.39. The number of aromatic amines is 1. The van der Waals surface area contributed by atoms with Crippen LogP contribution in [0.5, 0.6) is 5.75 Å². The molecule has 1 aromatic heterocycles. The molecular formula is C16H13ClFN3O2. The summed E-state index contributed by atoms with van der Waals surface area (Å²) in [6, 6.07) is 11.1. The van der Waals surface area contributed by atoms with E-state index in [9.17, 15) is 9.18 Å². The van der Waals surface area contributed by atoms with Crippen molar-refractivity contribution in [1.29, 1.82) is 0 Å². The molecule has 0 saturated carbocycles. The molecule has 0 atom stereocenters. The highest BCUT2D eigenvalue weighted by molar-refractivity contribution is 6.30. The lowest BCUT2D eigenvalue weighted by Gasteiger charge is -2.10. The highest BCUT2D eigenvalue weighted by Gasteiger charge is 2.16. The fourth-order valence-electron chi connectivity index (χ4n) is 2.34. The normalized spacial score (nSPS) is 10.7. The lowest BCUT2D eigenvalue weighted by Crippen LogP contribution is -2.18. The molecule has 1 N–H and O–H groups in total. The Balaban J connectivity index is 2.07. The number of ether oxygens (including phenoxy) is 1. The molecule has 3 aromatic rings. The Labute approximate surface area is 136 Å². The van der Waals surface area contributed by atoms with Crippen molar-refractivity contribution in [2.45, 2.75) is 6.54 Å². The second-order valence-electron chi connectivity index (χ2n) is 4.91. The number of aromatic nitrogens is 3. The molecule has 0 aliphatic rings. The molecule has 0 aliphatic heterocycles. The van der Waals surface area contributed by atoms with Crippen molar-refractivity contribution in [2.75, 3.05) is 7.11 Å². The van der Waals surface area contributed by atoms with Crippen LogP contribution in [0.2, 0.25) is 5.02 Å². The van der Waals surface area contributed by atoms with E-state index in [-0.39, 0.29) is 18.1 Å². The molecule has 3 rings (SSSR count). The van der Waals surface area contributed by atoms with Gasteiger partial charge in [0.15, 0.2) is 5.82 Å². The maximum atomic E-state index is 13.3. The minimum Gasteiger partial charge on any atom is -0.496 e. The number of methoxy groups -OCH3 is 1. The Kier molecular flexibility index (Phi) is 4.16. The SMILES string of the molecule is COc1cc(Cl)ccc1-c1n[nH]c(=O)n1Cc1cccc(F)c1. The summed E-state index contributed by atoms with van der Waals surface area (Å²) in [6.07, 6.45) is 0. The van der Waals surface area contributed by atoms with Crippen LogP contribution >= 0.6 is 11.6 Å². The number of halogens is 2. The van der Waals surface area contributed by atoms with Crippen molar-refractivity contribution in [2.24, 2.45) is 0 Å². The van der Waals surface area contributed by atoms with E-state index in [1.54, 1.807) is 30.3 Å². The third kappa shape index (κ3) is 3.12. The standard InChI is InChI=1S/C16H13ClFN3O2/c1-23-14-8-11(17)5-6-13(14)15-19-20-16(22)21(15)9-10-3-2-4-12(18)7-10/h2-8H,9H2,1H3,(H,20,22). The van der Waals surface area contributed by atoms with Gasteiger partial charge in [-0.15, -0.1) is 0 Å². The van der Waals surface area contributed by atoms with E-state index >= 15 is 0 Å². The van der Waals surface area contributed by atoms with E-state index in [2.05, 4.69) is 10.2 Å². The summed E-state index contributed by atoms with van der Waals surface area (Å²) in [5.74, 6) is 0.537. The van der Waals surface area contributed by atoms with Gasteiger partial charge in [0.2, 0.25) is 0 Å². The van der Waals surface area contributed by atoms with E-state index in [0.29, 0.717) is 27.7 Å². The molecule has 7 heteroatoms. The largest absolute Gasteiger partial charge is 0.496 e. The summed E-state index contributed by atoms with van der Waals surface area (Å²) in [6.45, 7) is 0.189. The first-order valence-corrected chi connectivity index (χ1v) is 7.20. The number of rotatable bonds is 4. The van der Waals surface area contributed by atoms with Crippen LogP contribution in [0.1, 0.15) is 5.56 Å². The molecule has 118 valence electrons. The van der Waals surface area contributed by atoms with E-state index in [4.69, 9.17) is 16.3 Å². The van der Waals surface area contributed by atoms with Crippen molar-refractivity contribution in [1.82, 2.24) is 14.8 Å².